The molecule has 0 bridgehead atoms. The summed E-state index contributed by atoms with van der Waals surface area (Å²) < 4.78 is 5.92. The summed E-state index contributed by atoms with van der Waals surface area (Å²) in [4.78, 5) is 0. The highest BCUT2D eigenvalue weighted by atomic mass is 16.5. The van der Waals surface area contributed by atoms with Crippen molar-refractivity contribution in [1.82, 2.24) is 5.32 Å². The van der Waals surface area contributed by atoms with Crippen molar-refractivity contribution in [1.29, 1.82) is 0 Å². The fourth-order valence-corrected chi connectivity index (χ4v) is 2.27. The second-order valence-electron chi connectivity index (χ2n) is 4.33. The highest BCUT2D eigenvalue weighted by Crippen LogP contribution is 2.29. The predicted molar refractivity (Wildman–Crippen MR) is 60.5 cm³/mol. The Balaban J connectivity index is 2.50. The number of likely N-dealkylation sites (N-methyl/N-ethyl adjacent to an activating group) is 1. The fraction of sp³-hybridized carbons (Fsp3) is 0.833. The molecule has 0 aliphatic carbocycles. The van der Waals surface area contributed by atoms with Gasteiger partial charge < -0.3 is 10.1 Å². The summed E-state index contributed by atoms with van der Waals surface area (Å²) in [5, 5.41) is 3.37. The SMILES string of the molecule is C=CCCC(NC)C1(C)CCCCO1. The predicted octanol–water partition coefficient (Wildman–Crippen LogP) is 2.50. The van der Waals surface area contributed by atoms with Crippen molar-refractivity contribution in [2.45, 2.75) is 50.7 Å². The summed E-state index contributed by atoms with van der Waals surface area (Å²) in [6.45, 7) is 6.92. The summed E-state index contributed by atoms with van der Waals surface area (Å²) in [5.41, 5.74) is 0.0377. The van der Waals surface area contributed by atoms with Gasteiger partial charge in [-0.3, -0.25) is 0 Å². The number of allylic oxidation sites excluding steroid dienone is 1. The lowest BCUT2D eigenvalue weighted by Crippen LogP contribution is -2.50. The van der Waals surface area contributed by atoms with Gasteiger partial charge in [-0.25, -0.2) is 0 Å². The molecule has 0 radical (unpaired) electrons. The van der Waals surface area contributed by atoms with Gasteiger partial charge in [-0.15, -0.1) is 6.58 Å². The number of hydrogen-bond acceptors (Lipinski definition) is 2. The van der Waals surface area contributed by atoms with E-state index >= 15 is 0 Å². The fourth-order valence-electron chi connectivity index (χ4n) is 2.27. The first kappa shape index (κ1) is 11.7. The van der Waals surface area contributed by atoms with Gasteiger partial charge in [-0.1, -0.05) is 6.08 Å². The van der Waals surface area contributed by atoms with Crippen molar-refractivity contribution in [2.24, 2.45) is 0 Å². The Morgan fingerprint density at radius 2 is 2.36 bits per heavy atom. The number of rotatable bonds is 5. The zero-order valence-electron chi connectivity index (χ0n) is 9.51. The summed E-state index contributed by atoms with van der Waals surface area (Å²) in [6, 6.07) is 0.459. The zero-order valence-corrected chi connectivity index (χ0v) is 9.51. The second-order valence-corrected chi connectivity index (χ2v) is 4.33. The van der Waals surface area contributed by atoms with Gasteiger partial charge in [0.15, 0.2) is 0 Å². The molecule has 14 heavy (non-hydrogen) atoms. The molecule has 2 atom stereocenters. The van der Waals surface area contributed by atoms with Gasteiger partial charge in [-0.2, -0.15) is 0 Å². The van der Waals surface area contributed by atoms with Gasteiger partial charge >= 0.3 is 0 Å². The Morgan fingerprint density at radius 1 is 1.57 bits per heavy atom. The van der Waals surface area contributed by atoms with Crippen molar-refractivity contribution >= 4 is 0 Å². The largest absolute Gasteiger partial charge is 0.374 e. The molecule has 1 rings (SSSR count). The topological polar surface area (TPSA) is 21.3 Å². The van der Waals surface area contributed by atoms with Crippen molar-refractivity contribution in [2.75, 3.05) is 13.7 Å². The van der Waals surface area contributed by atoms with Gasteiger partial charge in [0.2, 0.25) is 0 Å². The van der Waals surface area contributed by atoms with Crippen LogP contribution >= 0.6 is 0 Å². The van der Waals surface area contributed by atoms with Gasteiger partial charge in [0.05, 0.1) is 5.60 Å². The van der Waals surface area contributed by atoms with E-state index in [0.717, 1.165) is 19.4 Å². The maximum atomic E-state index is 5.92. The van der Waals surface area contributed by atoms with Crippen LogP contribution in [0.15, 0.2) is 12.7 Å². The Labute approximate surface area is 87.7 Å². The van der Waals surface area contributed by atoms with E-state index in [9.17, 15) is 0 Å². The second kappa shape index (κ2) is 5.52. The molecule has 2 nitrogen and oxygen atoms in total. The van der Waals surface area contributed by atoms with Crippen LogP contribution in [0.2, 0.25) is 0 Å². The molecule has 1 saturated heterocycles. The van der Waals surface area contributed by atoms with Crippen molar-refractivity contribution in [3.63, 3.8) is 0 Å². The van der Waals surface area contributed by atoms with Crippen LogP contribution < -0.4 is 5.32 Å². The normalized spacial score (nSPS) is 29.9. The van der Waals surface area contributed by atoms with Crippen LogP contribution in [0.5, 0.6) is 0 Å². The van der Waals surface area contributed by atoms with Crippen molar-refractivity contribution in [3.05, 3.63) is 12.7 Å². The quantitative estimate of drug-likeness (QED) is 0.684. The number of hydrogen-bond donors (Lipinski definition) is 1. The third kappa shape index (κ3) is 2.82. The zero-order chi connectivity index (χ0) is 10.4. The molecule has 2 heteroatoms. The molecular weight excluding hydrogens is 174 g/mol. The smallest absolute Gasteiger partial charge is 0.0806 e. The molecule has 0 aromatic rings. The molecule has 0 spiro atoms. The van der Waals surface area contributed by atoms with E-state index in [-0.39, 0.29) is 5.60 Å². The molecule has 82 valence electrons. The minimum atomic E-state index is 0.0377. The maximum Gasteiger partial charge on any atom is 0.0806 e. The van der Waals surface area contributed by atoms with E-state index in [1.807, 2.05) is 13.1 Å². The van der Waals surface area contributed by atoms with E-state index < -0.39 is 0 Å². The summed E-state index contributed by atoms with van der Waals surface area (Å²) in [7, 11) is 2.02. The number of ether oxygens (including phenoxy) is 1. The van der Waals surface area contributed by atoms with Crippen LogP contribution in [0, 0.1) is 0 Å². The lowest BCUT2D eigenvalue weighted by molar-refractivity contribution is -0.0885. The van der Waals surface area contributed by atoms with Gasteiger partial charge in [-0.05, 0) is 46.1 Å². The van der Waals surface area contributed by atoms with Crippen molar-refractivity contribution < 1.29 is 4.74 Å². The summed E-state index contributed by atoms with van der Waals surface area (Å²) >= 11 is 0. The third-order valence-corrected chi connectivity index (χ3v) is 3.24. The molecular formula is C12H23NO. The minimum Gasteiger partial charge on any atom is -0.374 e. The van der Waals surface area contributed by atoms with Crippen LogP contribution in [0.25, 0.3) is 0 Å². The molecule has 1 heterocycles. The maximum absolute atomic E-state index is 5.92. The van der Waals surface area contributed by atoms with Crippen LogP contribution in [0.1, 0.15) is 39.0 Å². The Kier molecular flexibility index (Phi) is 4.63. The van der Waals surface area contributed by atoms with Gasteiger partial charge in [0.1, 0.15) is 0 Å². The molecule has 1 fully saturated rings. The highest BCUT2D eigenvalue weighted by molar-refractivity contribution is 4.91. The molecule has 1 N–H and O–H groups in total. The Bertz CT molecular complexity index is 173. The highest BCUT2D eigenvalue weighted by Gasteiger charge is 2.35. The Hall–Kier alpha value is -0.340. The molecule has 2 unspecified atom stereocenters. The van der Waals surface area contributed by atoms with Crippen LogP contribution in [0.4, 0.5) is 0 Å². The summed E-state index contributed by atoms with van der Waals surface area (Å²) in [6.07, 6.45) is 7.85. The minimum absolute atomic E-state index is 0.0377. The standard InChI is InChI=1S/C12H23NO/c1-4-5-8-11(13-3)12(2)9-6-7-10-14-12/h4,11,13H,1,5-10H2,2-3H3. The van der Waals surface area contributed by atoms with Crippen LogP contribution in [-0.4, -0.2) is 25.3 Å². The monoisotopic (exact) mass is 197 g/mol. The number of nitrogens with one attached hydrogen (secondary N) is 1. The van der Waals surface area contributed by atoms with E-state index in [1.54, 1.807) is 0 Å². The molecule has 0 saturated carbocycles. The molecule has 0 amide bonds. The third-order valence-electron chi connectivity index (χ3n) is 3.24. The van der Waals surface area contributed by atoms with Gasteiger partial charge in [0.25, 0.3) is 0 Å². The van der Waals surface area contributed by atoms with Crippen LogP contribution in [0.3, 0.4) is 0 Å². The van der Waals surface area contributed by atoms with E-state index in [0.29, 0.717) is 6.04 Å². The Morgan fingerprint density at radius 3 is 2.86 bits per heavy atom. The molecule has 0 aromatic heterocycles. The average molecular weight is 197 g/mol. The van der Waals surface area contributed by atoms with Crippen molar-refractivity contribution in [3.8, 4) is 0 Å². The van der Waals surface area contributed by atoms with Crippen LogP contribution in [-0.2, 0) is 4.74 Å². The van der Waals surface area contributed by atoms with E-state index in [2.05, 4.69) is 18.8 Å². The molecule has 1 aliphatic rings. The van der Waals surface area contributed by atoms with E-state index in [1.165, 1.54) is 19.3 Å². The van der Waals surface area contributed by atoms with E-state index in [4.69, 9.17) is 4.74 Å². The lowest BCUT2D eigenvalue weighted by atomic mass is 9.86. The molecule has 0 aromatic carbocycles. The summed E-state index contributed by atoms with van der Waals surface area (Å²) in [5.74, 6) is 0. The first-order valence-corrected chi connectivity index (χ1v) is 5.65. The van der Waals surface area contributed by atoms with Gasteiger partial charge in [0, 0.05) is 12.6 Å². The lowest BCUT2D eigenvalue weighted by Gasteiger charge is -2.40. The molecule has 1 aliphatic heterocycles. The average Bonchev–Trinajstić information content (AvgIpc) is 2.20. The first-order valence-electron chi connectivity index (χ1n) is 5.65. The first-order chi connectivity index (χ1) is 6.73.